The number of nitrogens with one attached hydrogen (secondary N) is 1. The highest BCUT2D eigenvalue weighted by Gasteiger charge is 2.37. The van der Waals surface area contributed by atoms with E-state index in [1.807, 2.05) is 18.2 Å². The van der Waals surface area contributed by atoms with E-state index >= 15 is 0 Å². The van der Waals surface area contributed by atoms with Crippen molar-refractivity contribution in [2.75, 3.05) is 24.6 Å². The van der Waals surface area contributed by atoms with Gasteiger partial charge in [-0.2, -0.15) is 0 Å². The molecule has 1 fully saturated rings. The Bertz CT molecular complexity index is 478. The van der Waals surface area contributed by atoms with Crippen molar-refractivity contribution < 1.29 is 8.42 Å². The molecular weight excluding hydrogens is 246 g/mol. The topological polar surface area (TPSA) is 46.2 Å². The van der Waals surface area contributed by atoms with Crippen LogP contribution in [0.25, 0.3) is 0 Å². The molecule has 1 aromatic rings. The number of hydrogen-bond acceptors (Lipinski definition) is 3. The van der Waals surface area contributed by atoms with Gasteiger partial charge in [0.2, 0.25) is 0 Å². The summed E-state index contributed by atoms with van der Waals surface area (Å²) < 4.78 is 23.2. The first kappa shape index (κ1) is 13.6. The zero-order valence-corrected chi connectivity index (χ0v) is 11.7. The Balaban J connectivity index is 1.99. The zero-order chi connectivity index (χ0) is 13.1. The third-order valence-corrected chi connectivity index (χ3v) is 5.51. The Morgan fingerprint density at radius 2 is 1.89 bits per heavy atom. The molecular formula is C14H21NO2S. The molecule has 0 amide bonds. The van der Waals surface area contributed by atoms with Crippen LogP contribution in [0.2, 0.25) is 0 Å². The van der Waals surface area contributed by atoms with Gasteiger partial charge in [0.1, 0.15) is 9.84 Å². The van der Waals surface area contributed by atoms with Gasteiger partial charge in [-0.15, -0.1) is 0 Å². The molecule has 0 aromatic heterocycles. The quantitative estimate of drug-likeness (QED) is 0.852. The van der Waals surface area contributed by atoms with Gasteiger partial charge >= 0.3 is 0 Å². The minimum atomic E-state index is -2.85. The van der Waals surface area contributed by atoms with Crippen molar-refractivity contribution in [1.82, 2.24) is 5.32 Å². The Labute approximate surface area is 110 Å². The summed E-state index contributed by atoms with van der Waals surface area (Å²) in [7, 11) is -2.85. The molecule has 1 aromatic carbocycles. The van der Waals surface area contributed by atoms with E-state index in [9.17, 15) is 8.42 Å². The van der Waals surface area contributed by atoms with Crippen molar-refractivity contribution in [1.29, 1.82) is 0 Å². The number of hydrogen-bond donors (Lipinski definition) is 1. The standard InChI is InChI=1S/C14H21NO2S/c1-2-18(16,17)9-8-14(11-15-12-14)10-13-6-4-3-5-7-13/h3-7,15H,2,8-12H2,1H3. The highest BCUT2D eigenvalue weighted by atomic mass is 32.2. The van der Waals surface area contributed by atoms with Crippen LogP contribution in [0.4, 0.5) is 0 Å². The molecule has 1 saturated heterocycles. The van der Waals surface area contributed by atoms with Crippen LogP contribution in [-0.4, -0.2) is 33.0 Å². The predicted molar refractivity (Wildman–Crippen MR) is 74.4 cm³/mol. The van der Waals surface area contributed by atoms with E-state index in [1.54, 1.807) is 6.92 Å². The van der Waals surface area contributed by atoms with E-state index in [0.29, 0.717) is 5.75 Å². The second kappa shape index (κ2) is 5.41. The normalized spacial score (nSPS) is 18.3. The molecule has 0 saturated carbocycles. The molecule has 100 valence electrons. The third kappa shape index (κ3) is 3.33. The zero-order valence-electron chi connectivity index (χ0n) is 10.9. The van der Waals surface area contributed by atoms with Crippen LogP contribution in [0.5, 0.6) is 0 Å². The smallest absolute Gasteiger partial charge is 0.150 e. The molecule has 4 heteroatoms. The second-order valence-corrected chi connectivity index (χ2v) is 7.73. The highest BCUT2D eigenvalue weighted by Crippen LogP contribution is 2.32. The summed E-state index contributed by atoms with van der Waals surface area (Å²) in [5.41, 5.74) is 1.44. The van der Waals surface area contributed by atoms with E-state index < -0.39 is 9.84 Å². The van der Waals surface area contributed by atoms with Crippen LogP contribution in [0.1, 0.15) is 18.9 Å². The van der Waals surface area contributed by atoms with Crippen LogP contribution in [-0.2, 0) is 16.3 Å². The first-order valence-corrected chi connectivity index (χ1v) is 8.32. The first-order valence-electron chi connectivity index (χ1n) is 6.50. The second-order valence-electron chi connectivity index (χ2n) is 5.25. The fourth-order valence-electron chi connectivity index (χ4n) is 2.41. The summed E-state index contributed by atoms with van der Waals surface area (Å²) in [5, 5.41) is 3.28. The summed E-state index contributed by atoms with van der Waals surface area (Å²) in [5.74, 6) is 0.569. The number of sulfone groups is 1. The molecule has 0 radical (unpaired) electrons. The molecule has 1 N–H and O–H groups in total. The van der Waals surface area contributed by atoms with Crippen molar-refractivity contribution in [2.24, 2.45) is 5.41 Å². The van der Waals surface area contributed by atoms with E-state index in [2.05, 4.69) is 17.4 Å². The summed E-state index contributed by atoms with van der Waals surface area (Å²) >= 11 is 0. The molecule has 0 bridgehead atoms. The molecule has 0 atom stereocenters. The lowest BCUT2D eigenvalue weighted by molar-refractivity contribution is 0.161. The largest absolute Gasteiger partial charge is 0.316 e. The molecule has 2 rings (SSSR count). The Kier molecular flexibility index (Phi) is 4.07. The summed E-state index contributed by atoms with van der Waals surface area (Å²) in [6, 6.07) is 10.3. The minimum Gasteiger partial charge on any atom is -0.316 e. The maximum Gasteiger partial charge on any atom is 0.150 e. The van der Waals surface area contributed by atoms with E-state index in [4.69, 9.17) is 0 Å². The van der Waals surface area contributed by atoms with Gasteiger partial charge in [0, 0.05) is 24.3 Å². The van der Waals surface area contributed by atoms with Gasteiger partial charge < -0.3 is 5.32 Å². The van der Waals surface area contributed by atoms with Crippen molar-refractivity contribution in [2.45, 2.75) is 19.8 Å². The SMILES string of the molecule is CCS(=O)(=O)CCC1(Cc2ccccc2)CNC1. The lowest BCUT2D eigenvalue weighted by atomic mass is 9.74. The fourth-order valence-corrected chi connectivity index (χ4v) is 3.45. The average molecular weight is 267 g/mol. The summed E-state index contributed by atoms with van der Waals surface area (Å²) in [6.45, 7) is 3.58. The van der Waals surface area contributed by atoms with E-state index in [-0.39, 0.29) is 11.2 Å². The Morgan fingerprint density at radius 3 is 2.39 bits per heavy atom. The van der Waals surface area contributed by atoms with Crippen LogP contribution >= 0.6 is 0 Å². The summed E-state index contributed by atoms with van der Waals surface area (Å²) in [6.07, 6.45) is 1.74. The van der Waals surface area contributed by atoms with Gasteiger partial charge in [-0.1, -0.05) is 37.3 Å². The molecule has 1 aliphatic heterocycles. The molecule has 1 aliphatic rings. The van der Waals surface area contributed by atoms with Gasteiger partial charge in [-0.3, -0.25) is 0 Å². The predicted octanol–water partition coefficient (Wildman–Crippen LogP) is 1.64. The molecule has 1 heterocycles. The molecule has 0 aliphatic carbocycles. The maximum absolute atomic E-state index is 11.6. The van der Waals surface area contributed by atoms with Crippen LogP contribution in [0, 0.1) is 5.41 Å². The lowest BCUT2D eigenvalue weighted by Gasteiger charge is -2.43. The van der Waals surface area contributed by atoms with E-state index in [0.717, 1.165) is 25.9 Å². The van der Waals surface area contributed by atoms with Crippen molar-refractivity contribution >= 4 is 9.84 Å². The minimum absolute atomic E-state index is 0.142. The van der Waals surface area contributed by atoms with Gasteiger partial charge in [-0.25, -0.2) is 8.42 Å². The highest BCUT2D eigenvalue weighted by molar-refractivity contribution is 7.91. The number of benzene rings is 1. The average Bonchev–Trinajstić information content (AvgIpc) is 2.34. The summed E-state index contributed by atoms with van der Waals surface area (Å²) in [4.78, 5) is 0. The monoisotopic (exact) mass is 267 g/mol. The molecule has 3 nitrogen and oxygen atoms in total. The Morgan fingerprint density at radius 1 is 1.22 bits per heavy atom. The van der Waals surface area contributed by atoms with Gasteiger partial charge in [0.25, 0.3) is 0 Å². The molecule has 0 spiro atoms. The third-order valence-electron chi connectivity index (χ3n) is 3.81. The van der Waals surface area contributed by atoms with Gasteiger partial charge in [0.05, 0.1) is 5.75 Å². The Hall–Kier alpha value is -0.870. The van der Waals surface area contributed by atoms with Crippen LogP contribution < -0.4 is 5.32 Å². The van der Waals surface area contributed by atoms with Crippen molar-refractivity contribution in [3.05, 3.63) is 35.9 Å². The van der Waals surface area contributed by atoms with Gasteiger partial charge in [0.15, 0.2) is 0 Å². The van der Waals surface area contributed by atoms with Crippen LogP contribution in [0.3, 0.4) is 0 Å². The molecule has 18 heavy (non-hydrogen) atoms. The molecule has 0 unspecified atom stereocenters. The van der Waals surface area contributed by atoms with E-state index in [1.165, 1.54) is 5.56 Å². The number of rotatable bonds is 6. The first-order chi connectivity index (χ1) is 8.55. The van der Waals surface area contributed by atoms with Crippen molar-refractivity contribution in [3.8, 4) is 0 Å². The van der Waals surface area contributed by atoms with Crippen molar-refractivity contribution in [3.63, 3.8) is 0 Å². The van der Waals surface area contributed by atoms with Crippen LogP contribution in [0.15, 0.2) is 30.3 Å². The fraction of sp³-hybridized carbons (Fsp3) is 0.571. The maximum atomic E-state index is 11.6. The van der Waals surface area contributed by atoms with Gasteiger partial charge in [-0.05, 0) is 18.4 Å². The lowest BCUT2D eigenvalue weighted by Crippen LogP contribution is -2.55.